The third-order valence-electron chi connectivity index (χ3n) is 4.69. The van der Waals surface area contributed by atoms with E-state index in [2.05, 4.69) is 17.6 Å². The van der Waals surface area contributed by atoms with Crippen LogP contribution in [0, 0.1) is 5.92 Å². The number of esters is 1. The fourth-order valence-corrected chi connectivity index (χ4v) is 3.54. The first kappa shape index (κ1) is 21.5. The molecule has 1 aliphatic rings. The van der Waals surface area contributed by atoms with Crippen molar-refractivity contribution in [2.24, 2.45) is 5.92 Å². The number of amides is 2. The van der Waals surface area contributed by atoms with Crippen LogP contribution in [0.1, 0.15) is 49.9 Å². The first-order valence-electron chi connectivity index (χ1n) is 9.01. The summed E-state index contributed by atoms with van der Waals surface area (Å²) >= 11 is 11.7. The molecule has 2 amide bonds. The van der Waals surface area contributed by atoms with E-state index in [0.29, 0.717) is 10.9 Å². The van der Waals surface area contributed by atoms with Gasteiger partial charge in [-0.2, -0.15) is 0 Å². The molecule has 2 rings (SSSR count). The van der Waals surface area contributed by atoms with Crippen LogP contribution in [0.5, 0.6) is 0 Å². The van der Waals surface area contributed by atoms with Crippen LogP contribution < -0.4 is 10.6 Å². The predicted octanol–water partition coefficient (Wildman–Crippen LogP) is 3.35. The Morgan fingerprint density at radius 2 is 1.93 bits per heavy atom. The lowest BCUT2D eigenvalue weighted by Crippen LogP contribution is -2.46. The molecule has 3 atom stereocenters. The van der Waals surface area contributed by atoms with Gasteiger partial charge in [-0.3, -0.25) is 14.4 Å². The molecule has 1 fully saturated rings. The summed E-state index contributed by atoms with van der Waals surface area (Å²) in [7, 11) is 0. The smallest absolute Gasteiger partial charge is 0.326 e. The Bertz CT molecular complexity index is 711. The Labute approximate surface area is 168 Å². The van der Waals surface area contributed by atoms with Crippen molar-refractivity contribution in [3.8, 4) is 0 Å². The van der Waals surface area contributed by atoms with Gasteiger partial charge in [0.1, 0.15) is 6.54 Å². The number of carbonyl (C=O) groups excluding carboxylic acids is 3. The number of halogens is 2. The van der Waals surface area contributed by atoms with Gasteiger partial charge in [0.15, 0.2) is 6.10 Å². The van der Waals surface area contributed by atoms with Crippen molar-refractivity contribution in [1.82, 2.24) is 10.6 Å². The lowest BCUT2D eigenvalue weighted by atomic mass is 9.86. The van der Waals surface area contributed by atoms with Crippen LogP contribution in [0.4, 0.5) is 0 Å². The van der Waals surface area contributed by atoms with Crippen LogP contribution in [-0.2, 0) is 14.3 Å². The lowest BCUT2D eigenvalue weighted by molar-refractivity contribution is -0.154. The first-order chi connectivity index (χ1) is 12.8. The van der Waals surface area contributed by atoms with E-state index in [-0.39, 0.29) is 29.1 Å². The van der Waals surface area contributed by atoms with Gasteiger partial charge in [0.05, 0.1) is 10.6 Å². The fraction of sp³-hybridized carbons (Fsp3) is 0.526. The van der Waals surface area contributed by atoms with Gasteiger partial charge in [-0.25, -0.2) is 0 Å². The standard InChI is InChI=1S/C19H24Cl2N2O4/c1-11-5-3-4-6-16(11)23-18(25)12(2)27-17(24)10-22-19(26)14-8-7-13(20)9-15(14)21/h7-9,11-12,16H,3-6,10H2,1-2H3,(H,22,26)(H,23,25)/t11-,12+,16+/m0/s1. The zero-order chi connectivity index (χ0) is 20.0. The van der Waals surface area contributed by atoms with Crippen LogP contribution in [-0.4, -0.2) is 36.5 Å². The van der Waals surface area contributed by atoms with Crippen molar-refractivity contribution in [2.45, 2.75) is 51.7 Å². The Hall–Kier alpha value is -1.79. The van der Waals surface area contributed by atoms with Crippen LogP contribution >= 0.6 is 23.2 Å². The normalized spacial score (nSPS) is 20.4. The van der Waals surface area contributed by atoms with E-state index < -0.39 is 18.0 Å². The average molecular weight is 415 g/mol. The largest absolute Gasteiger partial charge is 0.451 e. The molecule has 0 radical (unpaired) electrons. The predicted molar refractivity (Wildman–Crippen MR) is 104 cm³/mol. The number of carbonyl (C=O) groups is 3. The second-order valence-electron chi connectivity index (χ2n) is 6.82. The van der Waals surface area contributed by atoms with Gasteiger partial charge in [0, 0.05) is 11.1 Å². The molecule has 1 saturated carbocycles. The van der Waals surface area contributed by atoms with Gasteiger partial charge < -0.3 is 15.4 Å². The molecule has 27 heavy (non-hydrogen) atoms. The number of ether oxygens (including phenoxy) is 1. The Morgan fingerprint density at radius 3 is 2.59 bits per heavy atom. The molecule has 6 nitrogen and oxygen atoms in total. The molecule has 1 aliphatic carbocycles. The molecule has 0 unspecified atom stereocenters. The maximum absolute atomic E-state index is 12.2. The number of hydrogen-bond donors (Lipinski definition) is 2. The highest BCUT2D eigenvalue weighted by atomic mass is 35.5. The minimum atomic E-state index is -0.928. The zero-order valence-electron chi connectivity index (χ0n) is 15.4. The molecule has 0 aliphatic heterocycles. The molecule has 0 aromatic heterocycles. The summed E-state index contributed by atoms with van der Waals surface area (Å²) in [4.78, 5) is 36.2. The maximum atomic E-state index is 12.2. The van der Waals surface area contributed by atoms with Gasteiger partial charge in [-0.15, -0.1) is 0 Å². The van der Waals surface area contributed by atoms with Crippen molar-refractivity contribution in [3.63, 3.8) is 0 Å². The van der Waals surface area contributed by atoms with Gasteiger partial charge in [0.25, 0.3) is 11.8 Å². The molecule has 0 heterocycles. The zero-order valence-corrected chi connectivity index (χ0v) is 16.9. The molecule has 2 N–H and O–H groups in total. The minimum absolute atomic E-state index is 0.110. The molecule has 8 heteroatoms. The number of benzene rings is 1. The molecule has 148 valence electrons. The van der Waals surface area contributed by atoms with E-state index >= 15 is 0 Å². The molecule has 0 saturated heterocycles. The summed E-state index contributed by atoms with van der Waals surface area (Å²) in [6, 6.07) is 4.54. The number of hydrogen-bond acceptors (Lipinski definition) is 4. The van der Waals surface area contributed by atoms with Crippen molar-refractivity contribution in [3.05, 3.63) is 33.8 Å². The summed E-state index contributed by atoms with van der Waals surface area (Å²) in [5.74, 6) is -1.14. The maximum Gasteiger partial charge on any atom is 0.326 e. The summed E-state index contributed by atoms with van der Waals surface area (Å²) in [6.45, 7) is 3.26. The summed E-state index contributed by atoms with van der Waals surface area (Å²) in [5, 5.41) is 5.95. The Kier molecular flexibility index (Phi) is 7.92. The van der Waals surface area contributed by atoms with Crippen LogP contribution in [0.25, 0.3) is 0 Å². The van der Waals surface area contributed by atoms with Crippen molar-refractivity contribution >= 4 is 41.0 Å². The van der Waals surface area contributed by atoms with E-state index in [9.17, 15) is 14.4 Å². The van der Waals surface area contributed by atoms with E-state index in [1.807, 2.05) is 0 Å². The third kappa shape index (κ3) is 6.40. The van der Waals surface area contributed by atoms with E-state index in [0.717, 1.165) is 19.3 Å². The summed E-state index contributed by atoms with van der Waals surface area (Å²) in [5.41, 5.74) is 0.200. The van der Waals surface area contributed by atoms with Crippen LogP contribution in [0.2, 0.25) is 10.0 Å². The second kappa shape index (κ2) is 9.95. The van der Waals surface area contributed by atoms with E-state index in [1.54, 1.807) is 0 Å². The van der Waals surface area contributed by atoms with E-state index in [4.69, 9.17) is 27.9 Å². The number of nitrogens with one attached hydrogen (secondary N) is 2. The van der Waals surface area contributed by atoms with E-state index in [1.165, 1.54) is 31.5 Å². The van der Waals surface area contributed by atoms with Crippen LogP contribution in [0.15, 0.2) is 18.2 Å². The molecule has 0 bridgehead atoms. The van der Waals surface area contributed by atoms with Gasteiger partial charge in [-0.05, 0) is 43.9 Å². The van der Waals surface area contributed by atoms with Crippen molar-refractivity contribution in [2.75, 3.05) is 6.54 Å². The summed E-state index contributed by atoms with van der Waals surface area (Å²) < 4.78 is 5.10. The first-order valence-corrected chi connectivity index (χ1v) is 9.76. The average Bonchev–Trinajstić information content (AvgIpc) is 2.61. The SMILES string of the molecule is C[C@@H](OC(=O)CNC(=O)c1ccc(Cl)cc1Cl)C(=O)N[C@@H]1CCCC[C@@H]1C. The van der Waals surface area contributed by atoms with Crippen molar-refractivity contribution < 1.29 is 19.1 Å². The molecule has 0 spiro atoms. The second-order valence-corrected chi connectivity index (χ2v) is 7.66. The molecule has 1 aromatic rings. The quantitative estimate of drug-likeness (QED) is 0.698. The molecule has 1 aromatic carbocycles. The Balaban J connectivity index is 1.78. The highest BCUT2D eigenvalue weighted by Crippen LogP contribution is 2.24. The van der Waals surface area contributed by atoms with Gasteiger partial charge >= 0.3 is 5.97 Å². The monoisotopic (exact) mass is 414 g/mol. The van der Waals surface area contributed by atoms with Crippen molar-refractivity contribution in [1.29, 1.82) is 0 Å². The summed E-state index contributed by atoms with van der Waals surface area (Å²) in [6.07, 6.45) is 3.35. The van der Waals surface area contributed by atoms with Gasteiger partial charge in [0.2, 0.25) is 0 Å². The molecular formula is C19H24Cl2N2O4. The minimum Gasteiger partial charge on any atom is -0.451 e. The highest BCUT2D eigenvalue weighted by Gasteiger charge is 2.26. The molecular weight excluding hydrogens is 391 g/mol. The fourth-order valence-electron chi connectivity index (χ4n) is 3.04. The van der Waals surface area contributed by atoms with Gasteiger partial charge in [-0.1, -0.05) is 43.0 Å². The highest BCUT2D eigenvalue weighted by molar-refractivity contribution is 6.36. The van der Waals surface area contributed by atoms with Crippen LogP contribution in [0.3, 0.4) is 0 Å². The Morgan fingerprint density at radius 1 is 1.22 bits per heavy atom. The lowest BCUT2D eigenvalue weighted by Gasteiger charge is -2.30. The number of rotatable bonds is 6. The topological polar surface area (TPSA) is 84.5 Å². The third-order valence-corrected chi connectivity index (χ3v) is 5.23.